The number of nitrogens with one attached hydrogen (secondary N) is 1. The van der Waals surface area contributed by atoms with Crippen LogP contribution in [0, 0.1) is 11.6 Å². The molecule has 0 fully saturated rings. The molecule has 1 heterocycles. The molecule has 1 aromatic heterocycles. The average Bonchev–Trinajstić information content (AvgIpc) is 2.64. The van der Waals surface area contributed by atoms with Gasteiger partial charge in [-0.15, -0.1) is 0 Å². The maximum atomic E-state index is 13.6. The Bertz CT molecular complexity index is 1050. The summed E-state index contributed by atoms with van der Waals surface area (Å²) in [5, 5.41) is 3.15. The first kappa shape index (κ1) is 20.0. The van der Waals surface area contributed by atoms with Crippen LogP contribution >= 0.6 is 15.9 Å². The van der Waals surface area contributed by atoms with E-state index in [1.54, 1.807) is 4.57 Å². The Morgan fingerprint density at radius 2 is 1.89 bits per heavy atom. The normalized spacial score (nSPS) is 10.8. The highest BCUT2D eigenvalue weighted by atomic mass is 79.9. The Kier molecular flexibility index (Phi) is 6.08. The molecule has 5 nitrogen and oxygen atoms in total. The Labute approximate surface area is 169 Å². The number of ether oxygens (including phenoxy) is 1. The number of aromatic nitrogens is 2. The van der Waals surface area contributed by atoms with Crippen molar-refractivity contribution in [3.63, 3.8) is 0 Å². The third kappa shape index (κ3) is 4.56. The summed E-state index contributed by atoms with van der Waals surface area (Å²) in [5.41, 5.74) is 1.64. The summed E-state index contributed by atoms with van der Waals surface area (Å²) in [7, 11) is 1.36. The molecule has 1 N–H and O–H groups in total. The molecule has 0 aliphatic carbocycles. The van der Waals surface area contributed by atoms with Gasteiger partial charge in [-0.1, -0.05) is 22.9 Å². The van der Waals surface area contributed by atoms with Gasteiger partial charge in [0.25, 0.3) is 0 Å². The molecular weight excluding hydrogens is 432 g/mol. The minimum atomic E-state index is -0.674. The van der Waals surface area contributed by atoms with E-state index >= 15 is 0 Å². The predicted molar refractivity (Wildman–Crippen MR) is 107 cm³/mol. The number of hydrogen-bond acceptors (Lipinski definition) is 4. The summed E-state index contributed by atoms with van der Waals surface area (Å²) >= 11 is 3.44. The van der Waals surface area contributed by atoms with Crippen molar-refractivity contribution in [3.8, 4) is 5.75 Å². The lowest BCUT2D eigenvalue weighted by Crippen LogP contribution is -2.19. The second-order valence-corrected chi connectivity index (χ2v) is 7.04. The third-order valence-corrected chi connectivity index (χ3v) is 4.65. The van der Waals surface area contributed by atoms with E-state index < -0.39 is 17.2 Å². The third-order valence-electron chi connectivity index (χ3n) is 4.15. The SMILES string of the molecule is CCc1cc(Br)ccc1Nc1nc(=O)c(OC)cn1Cc1cc(F)cc(F)c1. The molecule has 0 unspecified atom stereocenters. The lowest BCUT2D eigenvalue weighted by Gasteiger charge is -2.17. The Balaban J connectivity index is 2.05. The van der Waals surface area contributed by atoms with Gasteiger partial charge in [0.2, 0.25) is 11.7 Å². The minimum absolute atomic E-state index is 0.0361. The van der Waals surface area contributed by atoms with Crippen LogP contribution in [0.2, 0.25) is 0 Å². The standard InChI is InChI=1S/C20H18BrF2N3O2/c1-3-13-8-14(21)4-5-17(13)24-20-25-19(27)18(28-2)11-26(20)10-12-6-15(22)9-16(23)7-12/h4-9,11H,3,10H2,1-2H3,(H,24,25,27). The Morgan fingerprint density at radius 1 is 1.18 bits per heavy atom. The van der Waals surface area contributed by atoms with E-state index in [0.29, 0.717) is 5.56 Å². The maximum Gasteiger partial charge on any atom is 0.316 e. The minimum Gasteiger partial charge on any atom is -0.490 e. The van der Waals surface area contributed by atoms with Gasteiger partial charge in [-0.2, -0.15) is 4.98 Å². The molecule has 0 spiro atoms. The number of nitrogens with zero attached hydrogens (tertiary/aromatic N) is 2. The first-order chi connectivity index (χ1) is 13.4. The number of rotatable bonds is 6. The molecular formula is C20H18BrF2N3O2. The molecule has 0 radical (unpaired) electrons. The van der Waals surface area contributed by atoms with Crippen LogP contribution in [0.4, 0.5) is 20.4 Å². The fourth-order valence-electron chi connectivity index (χ4n) is 2.83. The number of methoxy groups -OCH3 is 1. The van der Waals surface area contributed by atoms with Gasteiger partial charge in [-0.05, 0) is 47.9 Å². The summed E-state index contributed by atoms with van der Waals surface area (Å²) in [6, 6.07) is 8.97. The molecule has 28 heavy (non-hydrogen) atoms. The predicted octanol–water partition coefficient (Wildman–Crippen LogP) is 4.65. The summed E-state index contributed by atoms with van der Waals surface area (Å²) < 4.78 is 34.7. The van der Waals surface area contributed by atoms with E-state index in [1.807, 2.05) is 25.1 Å². The highest BCUT2D eigenvalue weighted by molar-refractivity contribution is 9.10. The molecule has 0 saturated heterocycles. The van der Waals surface area contributed by atoms with Crippen LogP contribution in [-0.2, 0) is 13.0 Å². The Morgan fingerprint density at radius 3 is 2.54 bits per heavy atom. The van der Waals surface area contributed by atoms with E-state index in [0.717, 1.165) is 28.2 Å². The lowest BCUT2D eigenvalue weighted by molar-refractivity contribution is 0.402. The molecule has 146 valence electrons. The van der Waals surface area contributed by atoms with Crippen molar-refractivity contribution in [2.45, 2.75) is 19.9 Å². The number of benzene rings is 2. The van der Waals surface area contributed by atoms with Gasteiger partial charge in [-0.25, -0.2) is 8.78 Å². The van der Waals surface area contributed by atoms with Crippen LogP contribution in [0.3, 0.4) is 0 Å². The maximum absolute atomic E-state index is 13.6. The summed E-state index contributed by atoms with van der Waals surface area (Å²) in [6.45, 7) is 2.11. The van der Waals surface area contributed by atoms with Crippen LogP contribution in [0.15, 0.2) is 51.9 Å². The molecule has 0 amide bonds. The van der Waals surface area contributed by atoms with Gasteiger partial charge in [-0.3, -0.25) is 4.79 Å². The van der Waals surface area contributed by atoms with E-state index in [9.17, 15) is 13.6 Å². The highest BCUT2D eigenvalue weighted by Crippen LogP contribution is 2.25. The zero-order valence-corrected chi connectivity index (χ0v) is 16.9. The van der Waals surface area contributed by atoms with Crippen molar-refractivity contribution in [1.82, 2.24) is 9.55 Å². The van der Waals surface area contributed by atoms with Crippen LogP contribution in [0.1, 0.15) is 18.1 Å². The lowest BCUT2D eigenvalue weighted by atomic mass is 10.1. The van der Waals surface area contributed by atoms with Gasteiger partial charge in [0.1, 0.15) is 11.6 Å². The first-order valence-corrected chi connectivity index (χ1v) is 9.34. The van der Waals surface area contributed by atoms with E-state index in [2.05, 4.69) is 26.2 Å². The second-order valence-electron chi connectivity index (χ2n) is 6.12. The van der Waals surface area contributed by atoms with E-state index in [-0.39, 0.29) is 18.2 Å². The fourth-order valence-corrected chi connectivity index (χ4v) is 3.24. The molecule has 3 rings (SSSR count). The van der Waals surface area contributed by atoms with Crippen molar-refractivity contribution in [1.29, 1.82) is 0 Å². The molecule has 2 aromatic carbocycles. The number of hydrogen-bond donors (Lipinski definition) is 1. The van der Waals surface area contributed by atoms with Gasteiger partial charge in [0.15, 0.2) is 0 Å². The molecule has 0 aliphatic heterocycles. The quantitative estimate of drug-likeness (QED) is 0.595. The summed E-state index contributed by atoms with van der Waals surface area (Å²) in [5.74, 6) is -1.07. The summed E-state index contributed by atoms with van der Waals surface area (Å²) in [6.07, 6.45) is 2.22. The zero-order valence-electron chi connectivity index (χ0n) is 15.3. The van der Waals surface area contributed by atoms with Crippen molar-refractivity contribution < 1.29 is 13.5 Å². The topological polar surface area (TPSA) is 56.1 Å². The average molecular weight is 450 g/mol. The molecule has 0 bridgehead atoms. The van der Waals surface area contributed by atoms with Crippen molar-refractivity contribution in [2.24, 2.45) is 0 Å². The fraction of sp³-hybridized carbons (Fsp3) is 0.200. The summed E-state index contributed by atoms with van der Waals surface area (Å²) in [4.78, 5) is 16.2. The van der Waals surface area contributed by atoms with E-state index in [4.69, 9.17) is 4.74 Å². The largest absolute Gasteiger partial charge is 0.490 e. The second kappa shape index (κ2) is 8.52. The molecule has 0 aliphatic rings. The van der Waals surface area contributed by atoms with Crippen LogP contribution in [0.5, 0.6) is 5.75 Å². The van der Waals surface area contributed by atoms with Crippen molar-refractivity contribution in [2.75, 3.05) is 12.4 Å². The number of anilines is 2. The molecule has 0 saturated carbocycles. The smallest absolute Gasteiger partial charge is 0.316 e. The van der Waals surface area contributed by atoms with Gasteiger partial charge in [0.05, 0.1) is 19.9 Å². The van der Waals surface area contributed by atoms with Gasteiger partial charge >= 0.3 is 5.56 Å². The van der Waals surface area contributed by atoms with Gasteiger partial charge < -0.3 is 14.6 Å². The van der Waals surface area contributed by atoms with E-state index in [1.165, 1.54) is 25.4 Å². The number of halogens is 3. The highest BCUT2D eigenvalue weighted by Gasteiger charge is 2.12. The zero-order chi connectivity index (χ0) is 20.3. The van der Waals surface area contributed by atoms with Gasteiger partial charge in [0, 0.05) is 16.2 Å². The monoisotopic (exact) mass is 449 g/mol. The van der Waals surface area contributed by atoms with Crippen LogP contribution in [-0.4, -0.2) is 16.7 Å². The van der Waals surface area contributed by atoms with Crippen LogP contribution < -0.4 is 15.6 Å². The molecule has 8 heteroatoms. The van der Waals surface area contributed by atoms with Crippen molar-refractivity contribution >= 4 is 27.6 Å². The molecule has 0 atom stereocenters. The first-order valence-electron chi connectivity index (χ1n) is 8.55. The van der Waals surface area contributed by atoms with Crippen molar-refractivity contribution in [3.05, 3.63) is 80.2 Å². The Hall–Kier alpha value is -2.74. The number of aryl methyl sites for hydroxylation is 1. The van der Waals surface area contributed by atoms with Crippen LogP contribution in [0.25, 0.3) is 0 Å². The molecule has 3 aromatic rings.